The molecule has 0 bridgehead atoms. The van der Waals surface area contributed by atoms with Crippen LogP contribution in [0.1, 0.15) is 34.5 Å². The van der Waals surface area contributed by atoms with E-state index >= 15 is 0 Å². The molecule has 184 valence electrons. The Morgan fingerprint density at radius 3 is 2.53 bits per heavy atom. The number of benzene rings is 2. The molecule has 2 heterocycles. The fourth-order valence-corrected chi connectivity index (χ4v) is 4.23. The molecule has 0 spiro atoms. The average molecular weight is 485 g/mol. The van der Waals surface area contributed by atoms with Crippen LogP contribution in [0.2, 0.25) is 0 Å². The molecule has 1 saturated carbocycles. The number of nitrogens with zero attached hydrogens (tertiary/aromatic N) is 2. The molecule has 1 aliphatic rings. The molecular weight excluding hydrogens is 456 g/mol. The highest BCUT2D eigenvalue weighted by atomic mass is 16.5. The van der Waals surface area contributed by atoms with Gasteiger partial charge in [-0.15, -0.1) is 0 Å². The van der Waals surface area contributed by atoms with Crippen molar-refractivity contribution in [1.29, 1.82) is 0 Å². The number of aromatic nitrogens is 2. The quantitative estimate of drug-likeness (QED) is 0.330. The SMILES string of the molecule is COC(=O)c1c(NC(=O)C2CC2)c2cc(NCc3cccc(OC)c3)cnc2n1Cc1ccccc1. The minimum atomic E-state index is -0.527. The zero-order chi connectivity index (χ0) is 25.1. The van der Waals surface area contributed by atoms with Crippen molar-refractivity contribution in [2.45, 2.75) is 25.9 Å². The van der Waals surface area contributed by atoms with Gasteiger partial charge in [0.05, 0.1) is 31.8 Å². The van der Waals surface area contributed by atoms with Crippen LogP contribution in [-0.4, -0.2) is 35.6 Å². The molecule has 2 aromatic heterocycles. The summed E-state index contributed by atoms with van der Waals surface area (Å²) in [6.07, 6.45) is 3.44. The van der Waals surface area contributed by atoms with Crippen LogP contribution in [0.15, 0.2) is 66.9 Å². The lowest BCUT2D eigenvalue weighted by molar-refractivity contribution is -0.117. The Morgan fingerprint density at radius 2 is 1.81 bits per heavy atom. The number of pyridine rings is 1. The molecule has 8 heteroatoms. The van der Waals surface area contributed by atoms with Crippen LogP contribution in [0.25, 0.3) is 11.0 Å². The Kier molecular flexibility index (Phi) is 6.58. The fraction of sp³-hybridized carbons (Fsp3) is 0.250. The summed E-state index contributed by atoms with van der Waals surface area (Å²) >= 11 is 0. The molecule has 2 N–H and O–H groups in total. The summed E-state index contributed by atoms with van der Waals surface area (Å²) in [5, 5.41) is 7.07. The second-order valence-corrected chi connectivity index (χ2v) is 8.85. The van der Waals surface area contributed by atoms with Crippen LogP contribution >= 0.6 is 0 Å². The monoisotopic (exact) mass is 484 g/mol. The molecular formula is C28H28N4O4. The van der Waals surface area contributed by atoms with Gasteiger partial charge in [0.2, 0.25) is 5.91 Å². The van der Waals surface area contributed by atoms with E-state index in [2.05, 4.69) is 10.6 Å². The number of methoxy groups -OCH3 is 2. The van der Waals surface area contributed by atoms with Crippen molar-refractivity contribution in [1.82, 2.24) is 9.55 Å². The second-order valence-electron chi connectivity index (χ2n) is 8.85. The largest absolute Gasteiger partial charge is 0.497 e. The molecule has 1 fully saturated rings. The maximum Gasteiger partial charge on any atom is 0.356 e. The van der Waals surface area contributed by atoms with Gasteiger partial charge in [-0.3, -0.25) is 4.79 Å². The minimum absolute atomic E-state index is 0.0228. The molecule has 2 aromatic carbocycles. The highest BCUT2D eigenvalue weighted by Crippen LogP contribution is 2.36. The average Bonchev–Trinajstić information content (AvgIpc) is 3.73. The molecule has 1 aliphatic carbocycles. The van der Waals surface area contributed by atoms with E-state index in [1.807, 2.05) is 65.2 Å². The van der Waals surface area contributed by atoms with Crippen molar-refractivity contribution >= 4 is 34.3 Å². The standard InChI is InChI=1S/C28H28N4O4/c1-35-22-10-6-9-19(13-22)15-29-21-14-23-24(31-27(33)20-11-12-20)25(28(34)36-2)32(26(23)30-16-21)17-18-7-4-3-5-8-18/h3-10,13-14,16,20,29H,11-12,15,17H2,1-2H3,(H,31,33). The molecule has 0 aliphatic heterocycles. The molecule has 0 atom stereocenters. The van der Waals surface area contributed by atoms with Crippen molar-refractivity contribution in [2.75, 3.05) is 24.9 Å². The Bertz CT molecular complexity index is 1410. The van der Waals surface area contributed by atoms with Crippen LogP contribution in [-0.2, 0) is 22.6 Å². The number of nitrogens with one attached hydrogen (secondary N) is 2. The number of ether oxygens (including phenoxy) is 2. The Hall–Kier alpha value is -4.33. The third kappa shape index (κ3) is 4.88. The summed E-state index contributed by atoms with van der Waals surface area (Å²) in [4.78, 5) is 30.5. The normalized spacial score (nSPS) is 12.8. The van der Waals surface area contributed by atoms with Gasteiger partial charge in [-0.25, -0.2) is 9.78 Å². The number of esters is 1. The maximum absolute atomic E-state index is 13.0. The Morgan fingerprint density at radius 1 is 1.03 bits per heavy atom. The lowest BCUT2D eigenvalue weighted by atomic mass is 10.2. The predicted octanol–water partition coefficient (Wildman–Crippen LogP) is 4.84. The zero-order valence-electron chi connectivity index (χ0n) is 20.3. The van der Waals surface area contributed by atoms with E-state index in [1.165, 1.54) is 7.11 Å². The van der Waals surface area contributed by atoms with E-state index < -0.39 is 5.97 Å². The van der Waals surface area contributed by atoms with Crippen molar-refractivity contribution < 1.29 is 19.1 Å². The second kappa shape index (κ2) is 10.1. The summed E-state index contributed by atoms with van der Waals surface area (Å²) in [6.45, 7) is 0.966. The van der Waals surface area contributed by atoms with E-state index in [9.17, 15) is 9.59 Å². The van der Waals surface area contributed by atoms with Gasteiger partial charge in [0.15, 0.2) is 5.69 Å². The van der Waals surface area contributed by atoms with Gasteiger partial charge in [0, 0.05) is 24.4 Å². The molecule has 0 saturated heterocycles. The zero-order valence-corrected chi connectivity index (χ0v) is 20.3. The highest BCUT2D eigenvalue weighted by Gasteiger charge is 2.33. The molecule has 0 unspecified atom stereocenters. The topological polar surface area (TPSA) is 94.5 Å². The van der Waals surface area contributed by atoms with Crippen molar-refractivity contribution in [3.05, 3.63) is 83.7 Å². The van der Waals surface area contributed by atoms with Crippen molar-refractivity contribution in [3.63, 3.8) is 0 Å². The number of rotatable bonds is 9. The Balaban J connectivity index is 1.56. The molecule has 5 rings (SSSR count). The molecule has 4 aromatic rings. The number of hydrogen-bond acceptors (Lipinski definition) is 6. The minimum Gasteiger partial charge on any atom is -0.497 e. The molecule has 0 radical (unpaired) electrons. The highest BCUT2D eigenvalue weighted by molar-refractivity contribution is 6.11. The van der Waals surface area contributed by atoms with E-state index in [1.54, 1.807) is 13.3 Å². The van der Waals surface area contributed by atoms with Crippen molar-refractivity contribution in [3.8, 4) is 5.75 Å². The van der Waals surface area contributed by atoms with Crippen LogP contribution in [0, 0.1) is 5.92 Å². The Labute approximate surface area is 209 Å². The number of carbonyl (C=O) groups is 2. The summed E-state index contributed by atoms with van der Waals surface area (Å²) in [5.74, 6) is 0.147. The summed E-state index contributed by atoms with van der Waals surface area (Å²) < 4.78 is 12.3. The first-order chi connectivity index (χ1) is 17.6. The third-order valence-corrected chi connectivity index (χ3v) is 6.29. The third-order valence-electron chi connectivity index (χ3n) is 6.29. The number of amides is 1. The molecule has 8 nitrogen and oxygen atoms in total. The van der Waals surface area contributed by atoms with Crippen LogP contribution in [0.3, 0.4) is 0 Å². The first-order valence-electron chi connectivity index (χ1n) is 11.9. The van der Waals surface area contributed by atoms with E-state index in [4.69, 9.17) is 14.5 Å². The van der Waals surface area contributed by atoms with Gasteiger partial charge >= 0.3 is 5.97 Å². The number of anilines is 2. The summed E-state index contributed by atoms with van der Waals surface area (Å²) in [6, 6.07) is 19.5. The number of fused-ring (bicyclic) bond motifs is 1. The van der Waals surface area contributed by atoms with Crippen LogP contribution in [0.4, 0.5) is 11.4 Å². The molecule has 36 heavy (non-hydrogen) atoms. The van der Waals surface area contributed by atoms with Gasteiger partial charge in [-0.1, -0.05) is 42.5 Å². The smallest absolute Gasteiger partial charge is 0.356 e. The van der Waals surface area contributed by atoms with E-state index in [-0.39, 0.29) is 17.5 Å². The van der Waals surface area contributed by atoms with Gasteiger partial charge in [0.1, 0.15) is 11.4 Å². The first-order valence-corrected chi connectivity index (χ1v) is 11.9. The first kappa shape index (κ1) is 23.4. The summed E-state index contributed by atoms with van der Waals surface area (Å²) in [5.41, 5.74) is 4.12. The lowest BCUT2D eigenvalue weighted by Crippen LogP contribution is -2.18. The fourth-order valence-electron chi connectivity index (χ4n) is 4.23. The number of carbonyl (C=O) groups excluding carboxylic acids is 2. The molecule has 1 amide bonds. The van der Waals surface area contributed by atoms with E-state index in [0.29, 0.717) is 29.8 Å². The van der Waals surface area contributed by atoms with Gasteiger partial charge in [-0.2, -0.15) is 0 Å². The van der Waals surface area contributed by atoms with E-state index in [0.717, 1.165) is 35.4 Å². The number of hydrogen-bond donors (Lipinski definition) is 2. The maximum atomic E-state index is 13.0. The predicted molar refractivity (Wildman–Crippen MR) is 138 cm³/mol. The van der Waals surface area contributed by atoms with Crippen LogP contribution in [0.5, 0.6) is 5.75 Å². The van der Waals surface area contributed by atoms with Gasteiger partial charge in [0.25, 0.3) is 0 Å². The van der Waals surface area contributed by atoms with Gasteiger partial charge in [-0.05, 0) is 42.2 Å². The summed E-state index contributed by atoms with van der Waals surface area (Å²) in [7, 11) is 2.98. The van der Waals surface area contributed by atoms with Crippen molar-refractivity contribution in [2.24, 2.45) is 5.92 Å². The van der Waals surface area contributed by atoms with Gasteiger partial charge < -0.3 is 24.7 Å². The lowest BCUT2D eigenvalue weighted by Gasteiger charge is -2.11. The van der Waals surface area contributed by atoms with Crippen LogP contribution < -0.4 is 15.4 Å².